The highest BCUT2D eigenvalue weighted by Crippen LogP contribution is 2.31. The molecular formula is C14H21NO4S2. The maximum Gasteiger partial charge on any atom is 0.347 e. The van der Waals surface area contributed by atoms with Gasteiger partial charge in [-0.3, -0.25) is 0 Å². The Kier molecular flexibility index (Phi) is 5.06. The molecular weight excluding hydrogens is 310 g/mol. The Bertz CT molecular complexity index is 621. The van der Waals surface area contributed by atoms with Gasteiger partial charge in [0.05, 0.1) is 0 Å². The number of aromatic carboxylic acids is 1. The van der Waals surface area contributed by atoms with Gasteiger partial charge in [-0.1, -0.05) is 26.2 Å². The summed E-state index contributed by atoms with van der Waals surface area (Å²) in [5.74, 6) is -0.857. The largest absolute Gasteiger partial charge is 0.477 e. The molecule has 118 valence electrons. The van der Waals surface area contributed by atoms with E-state index < -0.39 is 16.0 Å². The number of hydrogen-bond donors (Lipinski definition) is 2. The van der Waals surface area contributed by atoms with E-state index in [0.29, 0.717) is 11.5 Å². The molecule has 0 bridgehead atoms. The maximum absolute atomic E-state index is 12.6. The molecule has 0 amide bonds. The van der Waals surface area contributed by atoms with E-state index in [4.69, 9.17) is 5.11 Å². The van der Waals surface area contributed by atoms with Crippen molar-refractivity contribution in [1.29, 1.82) is 0 Å². The summed E-state index contributed by atoms with van der Waals surface area (Å²) >= 11 is 0.961. The highest BCUT2D eigenvalue weighted by atomic mass is 32.2. The average molecular weight is 331 g/mol. The third-order valence-electron chi connectivity index (χ3n) is 4.12. The van der Waals surface area contributed by atoms with Crippen molar-refractivity contribution >= 4 is 27.3 Å². The van der Waals surface area contributed by atoms with Gasteiger partial charge in [-0.25, -0.2) is 17.9 Å². The van der Waals surface area contributed by atoms with Crippen LogP contribution < -0.4 is 4.72 Å². The fourth-order valence-corrected chi connectivity index (χ4v) is 5.99. The van der Waals surface area contributed by atoms with Crippen LogP contribution in [0.5, 0.6) is 0 Å². The van der Waals surface area contributed by atoms with Crippen molar-refractivity contribution in [3.05, 3.63) is 15.8 Å². The first-order chi connectivity index (χ1) is 9.86. The van der Waals surface area contributed by atoms with Gasteiger partial charge in [-0.15, -0.1) is 11.3 Å². The minimum absolute atomic E-state index is 0.0690. The van der Waals surface area contributed by atoms with Crippen LogP contribution in [0.25, 0.3) is 0 Å². The van der Waals surface area contributed by atoms with Crippen LogP contribution in [-0.4, -0.2) is 25.5 Å². The van der Waals surface area contributed by atoms with Crippen molar-refractivity contribution in [2.75, 3.05) is 0 Å². The molecule has 1 aromatic rings. The van der Waals surface area contributed by atoms with Crippen LogP contribution in [0.15, 0.2) is 10.3 Å². The average Bonchev–Trinajstić information content (AvgIpc) is 2.82. The Morgan fingerprint density at radius 3 is 2.71 bits per heavy atom. The Balaban J connectivity index is 2.30. The van der Waals surface area contributed by atoms with Crippen LogP contribution >= 0.6 is 11.3 Å². The zero-order valence-corrected chi connectivity index (χ0v) is 13.9. The first kappa shape index (κ1) is 16.5. The maximum atomic E-state index is 12.6. The molecule has 1 fully saturated rings. The summed E-state index contributed by atoms with van der Waals surface area (Å²) in [5, 5.41) is 10.7. The lowest BCUT2D eigenvalue weighted by Gasteiger charge is -2.31. The molecule has 0 saturated heterocycles. The molecule has 0 aromatic carbocycles. The van der Waals surface area contributed by atoms with Crippen LogP contribution in [0.3, 0.4) is 0 Å². The number of rotatable bonds is 5. The van der Waals surface area contributed by atoms with E-state index in [1.54, 1.807) is 12.3 Å². The quantitative estimate of drug-likeness (QED) is 0.869. The molecule has 5 nitrogen and oxygen atoms in total. The normalized spacial score (nSPS) is 23.1. The van der Waals surface area contributed by atoms with Gasteiger partial charge >= 0.3 is 5.97 Å². The summed E-state index contributed by atoms with van der Waals surface area (Å²) < 4.78 is 28.0. The minimum Gasteiger partial charge on any atom is -0.477 e. The van der Waals surface area contributed by atoms with Crippen LogP contribution in [0.4, 0.5) is 0 Å². The van der Waals surface area contributed by atoms with Crippen molar-refractivity contribution in [3.63, 3.8) is 0 Å². The Labute approximate surface area is 129 Å². The Hall–Kier alpha value is -0.920. The fourth-order valence-electron chi connectivity index (χ4n) is 3.02. The van der Waals surface area contributed by atoms with Crippen LogP contribution in [0.2, 0.25) is 0 Å². The van der Waals surface area contributed by atoms with Gasteiger partial charge in [0.1, 0.15) is 9.77 Å². The fraction of sp³-hybridized carbons (Fsp3) is 0.643. The highest BCUT2D eigenvalue weighted by molar-refractivity contribution is 7.89. The SMILES string of the molecule is CCC1CCCCC1NS(=O)(=O)c1c(C)csc1C(=O)O. The molecule has 2 rings (SSSR count). The van der Waals surface area contributed by atoms with Gasteiger partial charge < -0.3 is 5.11 Å². The predicted octanol–water partition coefficient (Wildman–Crippen LogP) is 3.00. The van der Waals surface area contributed by atoms with E-state index in [2.05, 4.69) is 11.6 Å². The number of nitrogens with one attached hydrogen (secondary N) is 1. The number of aryl methyl sites for hydroxylation is 1. The third-order valence-corrected chi connectivity index (χ3v) is 7.01. The molecule has 2 N–H and O–H groups in total. The van der Waals surface area contributed by atoms with E-state index in [-0.39, 0.29) is 15.8 Å². The zero-order chi connectivity index (χ0) is 15.6. The van der Waals surface area contributed by atoms with Gasteiger partial charge in [0.25, 0.3) is 0 Å². The highest BCUT2D eigenvalue weighted by Gasteiger charge is 2.32. The summed E-state index contributed by atoms with van der Waals surface area (Å²) in [5.41, 5.74) is 0.494. The second-order valence-corrected chi connectivity index (χ2v) is 8.09. The first-order valence-electron chi connectivity index (χ1n) is 7.20. The van der Waals surface area contributed by atoms with Gasteiger partial charge in [0.2, 0.25) is 10.0 Å². The molecule has 1 aromatic heterocycles. The molecule has 7 heteroatoms. The number of sulfonamides is 1. The smallest absolute Gasteiger partial charge is 0.347 e. The second kappa shape index (κ2) is 6.46. The van der Waals surface area contributed by atoms with Gasteiger partial charge in [-0.2, -0.15) is 0 Å². The number of thiophene rings is 1. The van der Waals surface area contributed by atoms with E-state index in [0.717, 1.165) is 43.4 Å². The van der Waals surface area contributed by atoms with Gasteiger partial charge in [-0.05, 0) is 36.6 Å². The van der Waals surface area contributed by atoms with E-state index in [1.165, 1.54) is 0 Å². The van der Waals surface area contributed by atoms with Gasteiger partial charge in [0, 0.05) is 6.04 Å². The number of carbonyl (C=O) groups is 1. The molecule has 2 unspecified atom stereocenters. The Morgan fingerprint density at radius 2 is 2.10 bits per heavy atom. The monoisotopic (exact) mass is 331 g/mol. The molecule has 21 heavy (non-hydrogen) atoms. The van der Waals surface area contributed by atoms with E-state index >= 15 is 0 Å². The van der Waals surface area contributed by atoms with Crippen molar-refractivity contribution in [3.8, 4) is 0 Å². The summed E-state index contributed by atoms with van der Waals surface area (Å²) in [6.07, 6.45) is 4.93. The standard InChI is InChI=1S/C14H21NO4S2/c1-3-10-6-4-5-7-11(10)15-21(18,19)13-9(2)8-20-12(13)14(16)17/h8,10-11,15H,3-7H2,1-2H3,(H,16,17). The lowest BCUT2D eigenvalue weighted by Crippen LogP contribution is -2.42. The lowest BCUT2D eigenvalue weighted by molar-refractivity contribution is 0.0698. The summed E-state index contributed by atoms with van der Waals surface area (Å²) in [7, 11) is -3.79. The molecule has 0 radical (unpaired) electrons. The van der Waals surface area contributed by atoms with Crippen molar-refractivity contribution in [2.45, 2.75) is 56.9 Å². The van der Waals surface area contributed by atoms with Crippen molar-refractivity contribution < 1.29 is 18.3 Å². The van der Waals surface area contributed by atoms with E-state index in [9.17, 15) is 13.2 Å². The molecule has 1 aliphatic rings. The van der Waals surface area contributed by atoms with Gasteiger partial charge in [0.15, 0.2) is 0 Å². The Morgan fingerprint density at radius 1 is 1.43 bits per heavy atom. The van der Waals surface area contributed by atoms with Crippen molar-refractivity contribution in [2.24, 2.45) is 5.92 Å². The van der Waals surface area contributed by atoms with Crippen molar-refractivity contribution in [1.82, 2.24) is 4.72 Å². The van der Waals surface area contributed by atoms with Crippen LogP contribution in [0, 0.1) is 12.8 Å². The molecule has 0 spiro atoms. The summed E-state index contributed by atoms with van der Waals surface area (Å²) in [4.78, 5) is 11.0. The number of carboxylic acid groups (broad SMARTS) is 1. The molecule has 2 atom stereocenters. The molecule has 0 aliphatic heterocycles. The molecule has 1 saturated carbocycles. The third kappa shape index (κ3) is 3.46. The molecule has 1 aliphatic carbocycles. The lowest BCUT2D eigenvalue weighted by atomic mass is 9.83. The number of hydrogen-bond acceptors (Lipinski definition) is 4. The minimum atomic E-state index is -3.79. The number of carboxylic acids is 1. The molecule has 1 heterocycles. The van der Waals surface area contributed by atoms with Crippen LogP contribution in [0.1, 0.15) is 54.3 Å². The predicted molar refractivity (Wildman–Crippen MR) is 82.4 cm³/mol. The van der Waals surface area contributed by atoms with Crippen LogP contribution in [-0.2, 0) is 10.0 Å². The topological polar surface area (TPSA) is 83.5 Å². The summed E-state index contributed by atoms with van der Waals surface area (Å²) in [6, 6.07) is -0.0882. The zero-order valence-electron chi connectivity index (χ0n) is 12.3. The first-order valence-corrected chi connectivity index (χ1v) is 9.56. The summed E-state index contributed by atoms with van der Waals surface area (Å²) in [6.45, 7) is 3.70. The van der Waals surface area contributed by atoms with E-state index in [1.807, 2.05) is 0 Å². The second-order valence-electron chi connectivity index (χ2n) is 5.56.